The van der Waals surface area contributed by atoms with Gasteiger partial charge in [-0.25, -0.2) is 4.68 Å². The minimum atomic E-state index is -0.318. The molecule has 4 rings (SSSR count). The molecule has 24 heavy (non-hydrogen) atoms. The highest BCUT2D eigenvalue weighted by atomic mass is 35.5. The Morgan fingerprint density at radius 2 is 2.12 bits per heavy atom. The van der Waals surface area contributed by atoms with Crippen LogP contribution in [0.4, 0.5) is 5.82 Å². The van der Waals surface area contributed by atoms with Crippen molar-refractivity contribution in [2.24, 2.45) is 0 Å². The molecule has 0 fully saturated rings. The fraction of sp³-hybridized carbons (Fsp3) is 0.188. The number of halogens is 1. The van der Waals surface area contributed by atoms with Crippen LogP contribution >= 0.6 is 23.4 Å². The Labute approximate surface area is 147 Å². The van der Waals surface area contributed by atoms with Crippen molar-refractivity contribution in [2.75, 3.05) is 5.32 Å². The van der Waals surface area contributed by atoms with Crippen LogP contribution in [0.5, 0.6) is 0 Å². The molecule has 0 saturated carbocycles. The first-order valence-corrected chi connectivity index (χ1v) is 8.84. The van der Waals surface area contributed by atoms with Crippen LogP contribution in [0.2, 0.25) is 5.02 Å². The smallest absolute Gasteiger partial charge is 0.279 e. The van der Waals surface area contributed by atoms with E-state index in [1.54, 1.807) is 41.6 Å². The number of carbonyl (C=O) groups excluding carboxylic acids is 1. The zero-order valence-electron chi connectivity index (χ0n) is 12.7. The number of carbonyl (C=O) groups is 1. The Hall–Kier alpha value is -2.25. The fourth-order valence-corrected chi connectivity index (χ4v) is 3.72. The van der Waals surface area contributed by atoms with E-state index in [0.717, 1.165) is 28.5 Å². The summed E-state index contributed by atoms with van der Waals surface area (Å²) in [5.41, 5.74) is 3.12. The highest BCUT2D eigenvalue weighted by Crippen LogP contribution is 2.36. The average Bonchev–Trinajstić information content (AvgIpc) is 3.26. The molecule has 0 aliphatic carbocycles. The van der Waals surface area contributed by atoms with Gasteiger partial charge in [0.25, 0.3) is 5.91 Å². The van der Waals surface area contributed by atoms with Gasteiger partial charge in [-0.05, 0) is 31.2 Å². The number of benzene rings is 1. The molecule has 3 aromatic rings. The molecule has 0 bridgehead atoms. The van der Waals surface area contributed by atoms with Crippen LogP contribution in [0, 0.1) is 6.92 Å². The summed E-state index contributed by atoms with van der Waals surface area (Å²) in [6, 6.07) is 8.93. The van der Waals surface area contributed by atoms with E-state index in [1.807, 2.05) is 12.1 Å². The SMILES string of the molecule is Cc1cc(C(=O)Nc2c3c(nn2-c2ccc(Cl)cc2)CSC3)no1. The highest BCUT2D eigenvalue weighted by molar-refractivity contribution is 7.98. The minimum Gasteiger partial charge on any atom is -0.361 e. The number of rotatable bonds is 3. The molecular formula is C16H13ClN4O2S. The Balaban J connectivity index is 1.73. The molecule has 0 radical (unpaired) electrons. The van der Waals surface area contributed by atoms with Crippen molar-refractivity contribution in [2.45, 2.75) is 18.4 Å². The van der Waals surface area contributed by atoms with Crippen LogP contribution in [-0.2, 0) is 11.5 Å². The molecule has 6 nitrogen and oxygen atoms in total. The summed E-state index contributed by atoms with van der Waals surface area (Å²) in [4.78, 5) is 12.5. The van der Waals surface area contributed by atoms with Gasteiger partial charge in [0.05, 0.1) is 11.4 Å². The first kappa shape index (κ1) is 15.3. The molecule has 1 aliphatic rings. The van der Waals surface area contributed by atoms with E-state index >= 15 is 0 Å². The zero-order chi connectivity index (χ0) is 16.7. The molecule has 1 amide bonds. The molecule has 1 N–H and O–H groups in total. The lowest BCUT2D eigenvalue weighted by Crippen LogP contribution is -2.16. The number of nitrogens with zero attached hydrogens (tertiary/aromatic N) is 3. The molecule has 1 aromatic carbocycles. The largest absolute Gasteiger partial charge is 0.361 e. The van der Waals surface area contributed by atoms with Crippen molar-refractivity contribution in [3.8, 4) is 5.69 Å². The number of amides is 1. The van der Waals surface area contributed by atoms with Crippen LogP contribution in [0.1, 0.15) is 27.5 Å². The van der Waals surface area contributed by atoms with Crippen LogP contribution in [0.15, 0.2) is 34.9 Å². The predicted octanol–water partition coefficient (Wildman–Crippen LogP) is 3.82. The number of hydrogen-bond acceptors (Lipinski definition) is 5. The maximum atomic E-state index is 12.5. The monoisotopic (exact) mass is 360 g/mol. The second-order valence-electron chi connectivity index (χ2n) is 5.43. The topological polar surface area (TPSA) is 73.0 Å². The van der Waals surface area contributed by atoms with Gasteiger partial charge in [0.2, 0.25) is 0 Å². The van der Waals surface area contributed by atoms with Gasteiger partial charge in [-0.2, -0.15) is 16.9 Å². The van der Waals surface area contributed by atoms with Gasteiger partial charge >= 0.3 is 0 Å². The van der Waals surface area contributed by atoms with Gasteiger partial charge < -0.3 is 9.84 Å². The Morgan fingerprint density at radius 3 is 2.83 bits per heavy atom. The minimum absolute atomic E-state index is 0.246. The second-order valence-corrected chi connectivity index (χ2v) is 6.85. The number of aryl methyl sites for hydroxylation is 1. The molecule has 122 valence electrons. The maximum Gasteiger partial charge on any atom is 0.279 e. The third kappa shape index (κ3) is 2.70. The summed E-state index contributed by atoms with van der Waals surface area (Å²) in [6.07, 6.45) is 0. The molecule has 3 heterocycles. The van der Waals surface area contributed by atoms with E-state index in [-0.39, 0.29) is 11.6 Å². The van der Waals surface area contributed by atoms with Gasteiger partial charge in [-0.15, -0.1) is 0 Å². The molecule has 2 aromatic heterocycles. The average molecular weight is 361 g/mol. The van der Waals surface area contributed by atoms with E-state index in [9.17, 15) is 4.79 Å². The summed E-state index contributed by atoms with van der Waals surface area (Å²) < 4.78 is 6.72. The van der Waals surface area contributed by atoms with Crippen molar-refractivity contribution < 1.29 is 9.32 Å². The first-order chi connectivity index (χ1) is 11.6. The van der Waals surface area contributed by atoms with Crippen molar-refractivity contribution in [3.63, 3.8) is 0 Å². The second kappa shape index (κ2) is 5.99. The molecule has 0 unspecified atom stereocenters. The van der Waals surface area contributed by atoms with Crippen molar-refractivity contribution in [3.05, 3.63) is 58.1 Å². The van der Waals surface area contributed by atoms with E-state index < -0.39 is 0 Å². The number of hydrogen-bond donors (Lipinski definition) is 1. The van der Waals surface area contributed by atoms with E-state index in [2.05, 4.69) is 15.6 Å². The third-order valence-electron chi connectivity index (χ3n) is 3.72. The number of aromatic nitrogens is 3. The summed E-state index contributed by atoms with van der Waals surface area (Å²) in [5, 5.41) is 12.0. The third-order valence-corrected chi connectivity index (χ3v) is 4.94. The highest BCUT2D eigenvalue weighted by Gasteiger charge is 2.25. The summed E-state index contributed by atoms with van der Waals surface area (Å²) in [6.45, 7) is 1.75. The molecular weight excluding hydrogens is 348 g/mol. The van der Waals surface area contributed by atoms with Gasteiger partial charge in [-0.3, -0.25) is 4.79 Å². The molecule has 0 atom stereocenters. The summed E-state index contributed by atoms with van der Waals surface area (Å²) in [5.74, 6) is 2.59. The lowest BCUT2D eigenvalue weighted by molar-refractivity contribution is 0.101. The lowest BCUT2D eigenvalue weighted by Gasteiger charge is -2.10. The number of nitrogens with one attached hydrogen (secondary N) is 1. The van der Waals surface area contributed by atoms with Crippen molar-refractivity contribution in [1.29, 1.82) is 0 Å². The van der Waals surface area contributed by atoms with Crippen LogP contribution in [0.25, 0.3) is 5.69 Å². The normalized spacial score (nSPS) is 13.1. The van der Waals surface area contributed by atoms with Crippen molar-refractivity contribution >= 4 is 35.1 Å². The number of fused-ring (bicyclic) bond motifs is 1. The Bertz CT molecular complexity index is 917. The van der Waals surface area contributed by atoms with Crippen LogP contribution < -0.4 is 5.32 Å². The summed E-state index contributed by atoms with van der Waals surface area (Å²) in [7, 11) is 0. The molecule has 1 aliphatic heterocycles. The Kier molecular flexibility index (Phi) is 3.82. The standard InChI is InChI=1S/C16H13ClN4O2S/c1-9-6-13(20-23-9)16(22)18-15-12-7-24-8-14(12)19-21(15)11-4-2-10(17)3-5-11/h2-6H,7-8H2,1H3,(H,18,22). The van der Waals surface area contributed by atoms with Crippen LogP contribution in [0.3, 0.4) is 0 Å². The number of thioether (sulfide) groups is 1. The van der Waals surface area contributed by atoms with Gasteiger partial charge in [0.1, 0.15) is 11.6 Å². The summed E-state index contributed by atoms with van der Waals surface area (Å²) >= 11 is 7.73. The first-order valence-electron chi connectivity index (χ1n) is 7.31. The maximum absolute atomic E-state index is 12.5. The Morgan fingerprint density at radius 1 is 1.33 bits per heavy atom. The molecule has 0 saturated heterocycles. The quantitative estimate of drug-likeness (QED) is 0.768. The van der Waals surface area contributed by atoms with Crippen molar-refractivity contribution in [1.82, 2.24) is 14.9 Å². The lowest BCUT2D eigenvalue weighted by atomic mass is 10.2. The van der Waals surface area contributed by atoms with Gasteiger partial charge in [-0.1, -0.05) is 16.8 Å². The van der Waals surface area contributed by atoms with E-state index in [4.69, 9.17) is 16.1 Å². The van der Waals surface area contributed by atoms with Gasteiger partial charge in [0, 0.05) is 28.2 Å². The van der Waals surface area contributed by atoms with E-state index in [1.165, 1.54) is 0 Å². The van der Waals surface area contributed by atoms with Crippen LogP contribution in [-0.4, -0.2) is 20.8 Å². The molecule has 0 spiro atoms. The fourth-order valence-electron chi connectivity index (χ4n) is 2.56. The number of anilines is 1. The van der Waals surface area contributed by atoms with Gasteiger partial charge in [0.15, 0.2) is 5.69 Å². The predicted molar refractivity (Wildman–Crippen MR) is 92.8 cm³/mol. The van der Waals surface area contributed by atoms with E-state index in [0.29, 0.717) is 16.6 Å². The zero-order valence-corrected chi connectivity index (χ0v) is 14.3. The molecule has 8 heteroatoms.